The minimum absolute atomic E-state index is 0.244. The van der Waals surface area contributed by atoms with E-state index in [4.69, 9.17) is 4.74 Å². The second kappa shape index (κ2) is 8.44. The predicted octanol–water partition coefficient (Wildman–Crippen LogP) is 5.14. The lowest BCUT2D eigenvalue weighted by Gasteiger charge is -2.10. The fourth-order valence-electron chi connectivity index (χ4n) is 2.30. The summed E-state index contributed by atoms with van der Waals surface area (Å²) >= 11 is 4.87. The maximum absolute atomic E-state index is 12.4. The maximum Gasteiger partial charge on any atom is 0.341 e. The highest BCUT2D eigenvalue weighted by molar-refractivity contribution is 9.11. The van der Waals surface area contributed by atoms with Crippen molar-refractivity contribution in [3.63, 3.8) is 0 Å². The van der Waals surface area contributed by atoms with Crippen LogP contribution in [-0.4, -0.2) is 18.5 Å². The molecule has 1 amide bonds. The lowest BCUT2D eigenvalue weighted by molar-refractivity contribution is 0.0526. The summed E-state index contributed by atoms with van der Waals surface area (Å²) in [5.74, 6) is -0.272. The van der Waals surface area contributed by atoms with Crippen LogP contribution in [0.5, 0.6) is 0 Å². The van der Waals surface area contributed by atoms with Crippen LogP contribution in [0, 0.1) is 5.92 Å². The molecular weight excluding hydrogens is 390 g/mol. The molecule has 0 saturated carbocycles. The van der Waals surface area contributed by atoms with Gasteiger partial charge >= 0.3 is 5.97 Å². The Kier molecular flexibility index (Phi) is 6.57. The number of anilines is 1. The normalized spacial score (nSPS) is 10.7. The number of carbonyl (C=O) groups excluding carboxylic acids is 2. The molecule has 6 heteroatoms. The number of benzene rings is 1. The van der Waals surface area contributed by atoms with Crippen molar-refractivity contribution in [1.82, 2.24) is 0 Å². The van der Waals surface area contributed by atoms with Crippen LogP contribution in [0.4, 0.5) is 5.00 Å². The van der Waals surface area contributed by atoms with Gasteiger partial charge in [0, 0.05) is 5.56 Å². The average Bonchev–Trinajstić information content (AvgIpc) is 2.83. The van der Waals surface area contributed by atoms with Crippen LogP contribution in [0.25, 0.3) is 0 Å². The number of hydrogen-bond donors (Lipinski definition) is 1. The molecule has 0 atom stereocenters. The first-order chi connectivity index (χ1) is 11.4. The minimum Gasteiger partial charge on any atom is -0.462 e. The molecule has 1 N–H and O–H groups in total. The van der Waals surface area contributed by atoms with Gasteiger partial charge in [0.05, 0.1) is 16.0 Å². The van der Waals surface area contributed by atoms with Gasteiger partial charge in [-0.15, -0.1) is 11.3 Å². The molecule has 4 nitrogen and oxygen atoms in total. The van der Waals surface area contributed by atoms with Crippen molar-refractivity contribution in [3.05, 3.63) is 50.8 Å². The summed E-state index contributed by atoms with van der Waals surface area (Å²) in [6.45, 7) is 6.23. The maximum atomic E-state index is 12.4. The molecule has 0 fully saturated rings. The molecule has 0 bridgehead atoms. The molecule has 0 radical (unpaired) electrons. The Hall–Kier alpha value is -1.66. The Balaban J connectivity index is 2.38. The van der Waals surface area contributed by atoms with Crippen molar-refractivity contribution in [1.29, 1.82) is 0 Å². The number of halogens is 1. The van der Waals surface area contributed by atoms with Crippen molar-refractivity contribution in [2.75, 3.05) is 11.9 Å². The number of amides is 1. The number of carbonyl (C=O) groups is 2. The van der Waals surface area contributed by atoms with Gasteiger partial charge in [-0.05, 0) is 52.9 Å². The molecule has 1 aromatic carbocycles. The molecule has 0 aliphatic heterocycles. The summed E-state index contributed by atoms with van der Waals surface area (Å²) in [7, 11) is 0. The molecule has 0 aliphatic rings. The van der Waals surface area contributed by atoms with Crippen LogP contribution < -0.4 is 5.32 Å². The second-order valence-corrected chi connectivity index (χ2v) is 8.04. The first-order valence-corrected chi connectivity index (χ1v) is 9.39. The van der Waals surface area contributed by atoms with Gasteiger partial charge in [0.15, 0.2) is 0 Å². The van der Waals surface area contributed by atoms with E-state index in [-0.39, 0.29) is 5.91 Å². The van der Waals surface area contributed by atoms with Gasteiger partial charge in [0.1, 0.15) is 5.00 Å². The van der Waals surface area contributed by atoms with Gasteiger partial charge in [0.25, 0.3) is 5.91 Å². The Morgan fingerprint density at radius 3 is 2.50 bits per heavy atom. The largest absolute Gasteiger partial charge is 0.462 e. The minimum atomic E-state index is -0.404. The van der Waals surface area contributed by atoms with Crippen molar-refractivity contribution in [2.24, 2.45) is 5.92 Å². The first-order valence-electron chi connectivity index (χ1n) is 7.78. The van der Waals surface area contributed by atoms with E-state index in [1.54, 1.807) is 31.2 Å². The molecule has 2 rings (SSSR count). The van der Waals surface area contributed by atoms with Gasteiger partial charge in [-0.2, -0.15) is 0 Å². The Morgan fingerprint density at radius 2 is 1.92 bits per heavy atom. The quantitative estimate of drug-likeness (QED) is 0.671. The number of esters is 1. The van der Waals surface area contributed by atoms with E-state index in [9.17, 15) is 9.59 Å². The molecule has 24 heavy (non-hydrogen) atoms. The first kappa shape index (κ1) is 18.7. The van der Waals surface area contributed by atoms with Crippen LogP contribution in [0.15, 0.2) is 34.1 Å². The third-order valence-electron chi connectivity index (χ3n) is 3.31. The molecule has 128 valence electrons. The highest BCUT2D eigenvalue weighted by Crippen LogP contribution is 2.39. The monoisotopic (exact) mass is 409 g/mol. The zero-order valence-corrected chi connectivity index (χ0v) is 16.3. The Labute approximate surface area is 154 Å². The topological polar surface area (TPSA) is 55.4 Å². The number of nitrogens with one attached hydrogen (secondary N) is 1. The average molecular weight is 410 g/mol. The summed E-state index contributed by atoms with van der Waals surface area (Å²) in [5.41, 5.74) is 1.88. The number of hydrogen-bond acceptors (Lipinski definition) is 4. The molecule has 1 aromatic heterocycles. The van der Waals surface area contributed by atoms with Crippen LogP contribution in [-0.2, 0) is 11.2 Å². The van der Waals surface area contributed by atoms with Gasteiger partial charge < -0.3 is 10.1 Å². The molecular formula is C18H20BrNO3S. The molecule has 0 spiro atoms. The molecule has 0 aliphatic carbocycles. The fraction of sp³-hybridized carbons (Fsp3) is 0.333. The molecule has 0 unspecified atom stereocenters. The van der Waals surface area contributed by atoms with Crippen LogP contribution in [0.1, 0.15) is 47.1 Å². The predicted molar refractivity (Wildman–Crippen MR) is 101 cm³/mol. The zero-order chi connectivity index (χ0) is 17.7. The van der Waals surface area contributed by atoms with Crippen LogP contribution in [0.2, 0.25) is 0 Å². The van der Waals surface area contributed by atoms with Crippen molar-refractivity contribution < 1.29 is 14.3 Å². The van der Waals surface area contributed by atoms with E-state index < -0.39 is 5.97 Å². The van der Waals surface area contributed by atoms with Gasteiger partial charge in [-0.25, -0.2) is 4.79 Å². The standard InChI is InChI=1S/C18H20BrNO3S/c1-4-23-18(22)14-13(10-11(2)3)15(19)24-17(14)20-16(21)12-8-6-5-7-9-12/h5-9,11H,4,10H2,1-3H3,(H,20,21). The highest BCUT2D eigenvalue weighted by Gasteiger charge is 2.25. The van der Waals surface area contributed by atoms with Crippen LogP contribution >= 0.6 is 27.3 Å². The molecule has 2 aromatic rings. The number of rotatable bonds is 6. The fourth-order valence-corrected chi connectivity index (χ4v) is 4.09. The van der Waals surface area contributed by atoms with Crippen LogP contribution in [0.3, 0.4) is 0 Å². The van der Waals surface area contributed by atoms with E-state index in [1.165, 1.54) is 11.3 Å². The van der Waals surface area contributed by atoms with Gasteiger partial charge in [-0.1, -0.05) is 32.0 Å². The van der Waals surface area contributed by atoms with Gasteiger partial charge in [0.2, 0.25) is 0 Å². The Morgan fingerprint density at radius 1 is 1.25 bits per heavy atom. The number of ether oxygens (including phenoxy) is 1. The Bertz CT molecular complexity index is 725. The summed E-state index contributed by atoms with van der Waals surface area (Å²) in [6, 6.07) is 8.92. The highest BCUT2D eigenvalue weighted by atomic mass is 79.9. The third kappa shape index (κ3) is 4.45. The lowest BCUT2D eigenvalue weighted by atomic mass is 10.0. The van der Waals surface area contributed by atoms with Gasteiger partial charge in [-0.3, -0.25) is 4.79 Å². The van der Waals surface area contributed by atoms with E-state index >= 15 is 0 Å². The van der Waals surface area contributed by atoms with Crippen molar-refractivity contribution >= 4 is 44.1 Å². The third-order valence-corrected chi connectivity index (χ3v) is 5.21. The molecule has 0 saturated heterocycles. The summed E-state index contributed by atoms with van der Waals surface area (Å²) in [6.07, 6.45) is 0.729. The lowest BCUT2D eigenvalue weighted by Crippen LogP contribution is -2.15. The summed E-state index contributed by atoms with van der Waals surface area (Å²) in [4.78, 5) is 24.8. The van der Waals surface area contributed by atoms with E-state index in [1.807, 2.05) is 6.07 Å². The number of thiophene rings is 1. The van der Waals surface area contributed by atoms with Crippen molar-refractivity contribution in [3.8, 4) is 0 Å². The van der Waals surface area contributed by atoms with E-state index in [0.717, 1.165) is 15.8 Å². The zero-order valence-electron chi connectivity index (χ0n) is 13.9. The van der Waals surface area contributed by atoms with E-state index in [0.29, 0.717) is 28.7 Å². The summed E-state index contributed by atoms with van der Waals surface area (Å²) in [5, 5.41) is 3.37. The van der Waals surface area contributed by atoms with Crippen molar-refractivity contribution in [2.45, 2.75) is 27.2 Å². The SMILES string of the molecule is CCOC(=O)c1c(NC(=O)c2ccccc2)sc(Br)c1CC(C)C. The smallest absolute Gasteiger partial charge is 0.341 e. The van der Waals surface area contributed by atoms with E-state index in [2.05, 4.69) is 35.1 Å². The summed E-state index contributed by atoms with van der Waals surface area (Å²) < 4.78 is 6.04. The molecule has 1 heterocycles. The second-order valence-electron chi connectivity index (χ2n) is 5.70.